The molecule has 41 heavy (non-hydrogen) atoms. The summed E-state index contributed by atoms with van der Waals surface area (Å²) in [5.41, 5.74) is 1.14. The predicted octanol–water partition coefficient (Wildman–Crippen LogP) is 5.51. The fraction of sp³-hybridized carbons (Fsp3) is 0.0714. The fourth-order valence-electron chi connectivity index (χ4n) is 4.38. The van der Waals surface area contributed by atoms with E-state index in [2.05, 4.69) is 0 Å². The topological polar surface area (TPSA) is 142 Å². The molecule has 3 aromatic rings. The standard InChI is InChI=1S/C28H17N3O6S4/c29-11-16(26(36)37)27-38-20-18(32)22-23(19(33)21(20)39-27)41-28(40-22)17-24(34)30(12-14-7-3-1-4-8-14)31(25(17)35)13-15-9-5-2-6-10-15/h1-10,32-33H,12-13H2,(H,36,37). The first-order chi connectivity index (χ1) is 19.8. The van der Waals surface area contributed by atoms with Crippen LogP contribution in [0.1, 0.15) is 11.1 Å². The van der Waals surface area contributed by atoms with Crippen molar-refractivity contribution in [1.29, 1.82) is 5.26 Å². The molecule has 3 aliphatic heterocycles. The van der Waals surface area contributed by atoms with Crippen LogP contribution >= 0.6 is 47.0 Å². The first-order valence-electron chi connectivity index (χ1n) is 11.9. The van der Waals surface area contributed by atoms with Gasteiger partial charge in [-0.05, 0) is 11.1 Å². The Hall–Kier alpha value is -3.96. The Morgan fingerprint density at radius 1 is 0.732 bits per heavy atom. The van der Waals surface area contributed by atoms with Crippen LogP contribution in [-0.2, 0) is 27.5 Å². The lowest BCUT2D eigenvalue weighted by molar-refractivity contribution is -0.149. The summed E-state index contributed by atoms with van der Waals surface area (Å²) in [6.45, 7) is 0.352. The quantitative estimate of drug-likeness (QED) is 0.144. The molecule has 1 saturated heterocycles. The number of hydrogen-bond acceptors (Lipinski definition) is 10. The van der Waals surface area contributed by atoms with E-state index in [4.69, 9.17) is 0 Å². The third-order valence-electron chi connectivity index (χ3n) is 6.32. The first-order valence-corrected chi connectivity index (χ1v) is 15.2. The van der Waals surface area contributed by atoms with Crippen molar-refractivity contribution in [2.75, 3.05) is 0 Å². The molecule has 0 aliphatic carbocycles. The molecule has 3 N–H and O–H groups in total. The molecule has 0 aromatic heterocycles. The van der Waals surface area contributed by atoms with E-state index in [0.29, 0.717) is 4.24 Å². The highest BCUT2D eigenvalue weighted by Crippen LogP contribution is 2.68. The van der Waals surface area contributed by atoms with Crippen molar-refractivity contribution in [1.82, 2.24) is 10.0 Å². The minimum absolute atomic E-state index is 0.0550. The number of hydrogen-bond donors (Lipinski definition) is 3. The van der Waals surface area contributed by atoms with Gasteiger partial charge in [0.1, 0.15) is 23.1 Å². The van der Waals surface area contributed by atoms with Crippen molar-refractivity contribution in [2.24, 2.45) is 0 Å². The lowest BCUT2D eigenvalue weighted by Gasteiger charge is -2.27. The number of carbonyl (C=O) groups excluding carboxylic acids is 2. The van der Waals surface area contributed by atoms with Gasteiger partial charge in [-0.15, -0.1) is 0 Å². The SMILES string of the molecule is N#CC(C(=O)O)=C1Sc2c(O)c3c(c(O)c2S1)SC(=C1C(=O)N(Cc2ccccc2)N(Cc2ccccc2)C1=O)S3. The maximum absolute atomic E-state index is 13.8. The zero-order valence-corrected chi connectivity index (χ0v) is 24.0. The van der Waals surface area contributed by atoms with Crippen molar-refractivity contribution in [3.05, 3.63) is 91.4 Å². The molecule has 0 atom stereocenters. The Bertz CT molecular complexity index is 1650. The summed E-state index contributed by atoms with van der Waals surface area (Å²) in [4.78, 5) is 40.0. The van der Waals surface area contributed by atoms with Gasteiger partial charge in [-0.1, -0.05) is 108 Å². The van der Waals surface area contributed by atoms with Gasteiger partial charge >= 0.3 is 5.97 Å². The number of benzene rings is 3. The van der Waals surface area contributed by atoms with E-state index in [1.807, 2.05) is 60.7 Å². The van der Waals surface area contributed by atoms with Crippen LogP contribution in [0.15, 0.2) is 99.9 Å². The number of phenols is 2. The van der Waals surface area contributed by atoms with E-state index in [1.54, 1.807) is 6.07 Å². The molecule has 3 heterocycles. The molecule has 3 aromatic carbocycles. The van der Waals surface area contributed by atoms with Crippen molar-refractivity contribution in [3.63, 3.8) is 0 Å². The van der Waals surface area contributed by atoms with E-state index >= 15 is 0 Å². The number of rotatable bonds is 5. The van der Waals surface area contributed by atoms with Gasteiger partial charge < -0.3 is 15.3 Å². The Kier molecular flexibility index (Phi) is 7.16. The highest BCUT2D eigenvalue weighted by atomic mass is 32.2. The number of carboxylic acid groups (broad SMARTS) is 1. The molecule has 13 heteroatoms. The average Bonchev–Trinajstić information content (AvgIpc) is 3.66. The second-order valence-corrected chi connectivity index (χ2v) is 13.5. The van der Waals surface area contributed by atoms with E-state index in [0.717, 1.165) is 58.2 Å². The number of carbonyl (C=O) groups is 3. The zero-order valence-electron chi connectivity index (χ0n) is 20.7. The second kappa shape index (κ2) is 10.8. The van der Waals surface area contributed by atoms with Gasteiger partial charge in [-0.3, -0.25) is 9.59 Å². The Morgan fingerprint density at radius 2 is 1.15 bits per heavy atom. The predicted molar refractivity (Wildman–Crippen MR) is 154 cm³/mol. The average molecular weight is 620 g/mol. The summed E-state index contributed by atoms with van der Waals surface area (Å²) < 4.78 is 0.457. The van der Waals surface area contributed by atoms with Crippen LogP contribution in [-0.4, -0.2) is 43.1 Å². The number of aromatic hydroxyl groups is 2. The molecule has 2 amide bonds. The van der Waals surface area contributed by atoms with Crippen molar-refractivity contribution >= 4 is 64.8 Å². The van der Waals surface area contributed by atoms with Crippen molar-refractivity contribution in [2.45, 2.75) is 32.7 Å². The summed E-state index contributed by atoms with van der Waals surface area (Å²) in [7, 11) is 0. The molecule has 0 unspecified atom stereocenters. The monoisotopic (exact) mass is 619 g/mol. The van der Waals surface area contributed by atoms with Crippen LogP contribution in [0.2, 0.25) is 0 Å². The molecule has 1 fully saturated rings. The number of aliphatic carboxylic acids is 1. The second-order valence-electron chi connectivity index (χ2n) is 8.86. The normalized spacial score (nSPS) is 15.8. The minimum Gasteiger partial charge on any atom is -0.505 e. The highest BCUT2D eigenvalue weighted by molar-refractivity contribution is 8.26. The van der Waals surface area contributed by atoms with Crippen molar-refractivity contribution in [3.8, 4) is 17.6 Å². The van der Waals surface area contributed by atoms with Gasteiger partial charge in [0.25, 0.3) is 11.8 Å². The third-order valence-corrected chi connectivity index (χ3v) is 11.5. The zero-order chi connectivity index (χ0) is 28.8. The number of carboxylic acids is 1. The maximum Gasteiger partial charge on any atom is 0.348 e. The third kappa shape index (κ3) is 4.72. The number of phenolic OH excluding ortho intramolecular Hbond substituents is 2. The molecule has 3 aliphatic rings. The number of amides is 2. The summed E-state index contributed by atoms with van der Waals surface area (Å²) in [5, 5.41) is 43.6. The number of nitrogens with zero attached hydrogens (tertiary/aromatic N) is 3. The van der Waals surface area contributed by atoms with Gasteiger partial charge in [0.05, 0.1) is 41.1 Å². The van der Waals surface area contributed by atoms with Gasteiger partial charge in [0, 0.05) is 0 Å². The lowest BCUT2D eigenvalue weighted by atomic mass is 10.2. The van der Waals surface area contributed by atoms with Crippen molar-refractivity contribution < 1.29 is 29.7 Å². The molecule has 0 saturated carbocycles. The Morgan fingerprint density at radius 3 is 1.54 bits per heavy atom. The lowest BCUT2D eigenvalue weighted by Crippen LogP contribution is -2.39. The van der Waals surface area contributed by atoms with Crippen LogP contribution in [0, 0.1) is 11.3 Å². The summed E-state index contributed by atoms with van der Waals surface area (Å²) in [6.07, 6.45) is 0. The van der Waals surface area contributed by atoms with Crippen LogP contribution in [0.4, 0.5) is 0 Å². The fourth-order valence-corrected chi connectivity index (χ4v) is 9.66. The van der Waals surface area contributed by atoms with Crippen LogP contribution in [0.25, 0.3) is 0 Å². The Balaban J connectivity index is 1.38. The molecule has 0 bridgehead atoms. The highest BCUT2D eigenvalue weighted by Gasteiger charge is 2.46. The van der Waals surface area contributed by atoms with E-state index in [9.17, 15) is 35.0 Å². The minimum atomic E-state index is -1.41. The van der Waals surface area contributed by atoms with E-state index in [-0.39, 0.29) is 54.0 Å². The number of thioether (sulfide) groups is 4. The summed E-state index contributed by atoms with van der Waals surface area (Å²) in [6, 6.07) is 20.3. The van der Waals surface area contributed by atoms with Gasteiger partial charge in [0.15, 0.2) is 5.57 Å². The molecule has 6 rings (SSSR count). The Labute approximate surface area is 250 Å². The van der Waals surface area contributed by atoms with Gasteiger partial charge in [-0.2, -0.15) is 5.26 Å². The molecule has 0 radical (unpaired) electrons. The van der Waals surface area contributed by atoms with E-state index in [1.165, 1.54) is 10.0 Å². The van der Waals surface area contributed by atoms with Gasteiger partial charge in [0.2, 0.25) is 0 Å². The summed E-state index contributed by atoms with van der Waals surface area (Å²) in [5.74, 6) is -2.81. The summed E-state index contributed by atoms with van der Waals surface area (Å²) >= 11 is 3.77. The smallest absolute Gasteiger partial charge is 0.348 e. The van der Waals surface area contributed by atoms with Crippen LogP contribution in [0.5, 0.6) is 11.5 Å². The number of hydrazine groups is 1. The van der Waals surface area contributed by atoms with Crippen LogP contribution in [0.3, 0.4) is 0 Å². The van der Waals surface area contributed by atoms with E-state index < -0.39 is 23.4 Å². The maximum atomic E-state index is 13.8. The molecular weight excluding hydrogens is 603 g/mol. The number of nitriles is 1. The molecular formula is C28H17N3O6S4. The number of fused-ring (bicyclic) bond motifs is 2. The molecule has 0 spiro atoms. The van der Waals surface area contributed by atoms with Crippen LogP contribution < -0.4 is 0 Å². The first kappa shape index (κ1) is 27.2. The molecule has 204 valence electrons. The van der Waals surface area contributed by atoms with Gasteiger partial charge in [-0.25, -0.2) is 14.8 Å². The molecule has 9 nitrogen and oxygen atoms in total. The largest absolute Gasteiger partial charge is 0.505 e.